The maximum absolute atomic E-state index is 11.0. The molecule has 0 aliphatic heterocycles. The second-order valence-electron chi connectivity index (χ2n) is 8.09. The Morgan fingerprint density at radius 3 is 2.24 bits per heavy atom. The third kappa shape index (κ3) is 3.99. The van der Waals surface area contributed by atoms with E-state index in [0.717, 1.165) is 24.1 Å². The summed E-state index contributed by atoms with van der Waals surface area (Å²) < 4.78 is 0. The second-order valence-corrected chi connectivity index (χ2v) is 8.09. The lowest BCUT2D eigenvalue weighted by Gasteiger charge is -2.45. The minimum Gasteiger partial charge on any atom is -0.478 e. The molecule has 0 spiro atoms. The number of nitrogens with one attached hydrogen (secondary N) is 1. The van der Waals surface area contributed by atoms with Crippen molar-refractivity contribution < 1.29 is 9.90 Å². The van der Waals surface area contributed by atoms with E-state index >= 15 is 0 Å². The molecule has 21 heavy (non-hydrogen) atoms. The van der Waals surface area contributed by atoms with E-state index in [1.54, 1.807) is 12.1 Å². The molecule has 3 heteroatoms. The molecule has 1 aromatic carbocycles. The number of hydrogen-bond acceptors (Lipinski definition) is 2. The summed E-state index contributed by atoms with van der Waals surface area (Å²) in [5, 5.41) is 12.7. The van der Waals surface area contributed by atoms with Crippen molar-refractivity contribution in [3.05, 3.63) is 29.3 Å². The monoisotopic (exact) mass is 289 g/mol. The number of carboxylic acid groups (broad SMARTS) is 1. The average molecular weight is 289 g/mol. The van der Waals surface area contributed by atoms with Crippen LogP contribution in [0.2, 0.25) is 0 Å². The summed E-state index contributed by atoms with van der Waals surface area (Å²) in [7, 11) is 0. The van der Waals surface area contributed by atoms with Crippen LogP contribution in [0.1, 0.15) is 62.9 Å². The van der Waals surface area contributed by atoms with Crippen LogP contribution in [0, 0.1) is 17.8 Å². The Kier molecular flexibility index (Phi) is 4.05. The zero-order valence-electron chi connectivity index (χ0n) is 13.8. The van der Waals surface area contributed by atoms with E-state index in [1.165, 1.54) is 6.42 Å². The number of aryl methyl sites for hydroxylation is 1. The number of rotatable bonds is 3. The Hall–Kier alpha value is -1.51. The summed E-state index contributed by atoms with van der Waals surface area (Å²) in [6.45, 7) is 11.3. The van der Waals surface area contributed by atoms with Gasteiger partial charge in [-0.25, -0.2) is 4.79 Å². The molecule has 0 saturated heterocycles. The standard InChI is InChI=1S/C18H27NO2/c1-12-8-13(16(20)21)6-7-15(12)19-14-9-17(2,3)11-18(4,5)10-14/h6-8,14,19H,9-11H2,1-5H3,(H,20,21). The lowest BCUT2D eigenvalue weighted by atomic mass is 9.63. The summed E-state index contributed by atoms with van der Waals surface area (Å²) in [4.78, 5) is 11.0. The average Bonchev–Trinajstić information content (AvgIpc) is 2.27. The second kappa shape index (κ2) is 5.36. The zero-order valence-corrected chi connectivity index (χ0v) is 13.8. The molecule has 2 N–H and O–H groups in total. The minimum absolute atomic E-state index is 0.342. The van der Waals surface area contributed by atoms with Crippen molar-refractivity contribution in [2.45, 2.75) is 59.9 Å². The molecule has 1 saturated carbocycles. The van der Waals surface area contributed by atoms with Crippen molar-refractivity contribution >= 4 is 11.7 Å². The smallest absolute Gasteiger partial charge is 0.335 e. The van der Waals surface area contributed by atoms with Crippen LogP contribution >= 0.6 is 0 Å². The van der Waals surface area contributed by atoms with E-state index < -0.39 is 5.97 Å². The Morgan fingerprint density at radius 1 is 1.19 bits per heavy atom. The molecular weight excluding hydrogens is 262 g/mol. The van der Waals surface area contributed by atoms with Gasteiger partial charge in [-0.05, 0) is 60.8 Å². The molecule has 0 unspecified atom stereocenters. The third-order valence-corrected chi connectivity index (χ3v) is 4.39. The van der Waals surface area contributed by atoms with Gasteiger partial charge < -0.3 is 10.4 Å². The molecule has 0 bridgehead atoms. The fourth-order valence-corrected chi connectivity index (χ4v) is 4.13. The number of carboxylic acids is 1. The van der Waals surface area contributed by atoms with E-state index in [0.29, 0.717) is 22.4 Å². The van der Waals surface area contributed by atoms with Crippen LogP contribution in [-0.2, 0) is 0 Å². The minimum atomic E-state index is -0.871. The Balaban J connectivity index is 2.16. The highest BCUT2D eigenvalue weighted by Gasteiger charge is 2.38. The van der Waals surface area contributed by atoms with Gasteiger partial charge in [0.2, 0.25) is 0 Å². The van der Waals surface area contributed by atoms with Crippen molar-refractivity contribution in [2.24, 2.45) is 10.8 Å². The first kappa shape index (κ1) is 15.9. The van der Waals surface area contributed by atoms with Gasteiger partial charge in [0.05, 0.1) is 5.56 Å². The van der Waals surface area contributed by atoms with Crippen LogP contribution in [0.3, 0.4) is 0 Å². The molecule has 1 aliphatic rings. The molecule has 0 aromatic heterocycles. The Bertz CT molecular complexity index is 530. The van der Waals surface area contributed by atoms with Crippen LogP contribution in [-0.4, -0.2) is 17.1 Å². The Morgan fingerprint density at radius 2 is 1.76 bits per heavy atom. The molecule has 0 radical (unpaired) electrons. The fourth-order valence-electron chi connectivity index (χ4n) is 4.13. The molecule has 116 valence electrons. The lowest BCUT2D eigenvalue weighted by Crippen LogP contribution is -2.40. The van der Waals surface area contributed by atoms with Gasteiger partial charge in [0.1, 0.15) is 0 Å². The lowest BCUT2D eigenvalue weighted by molar-refractivity contribution is 0.0696. The van der Waals surface area contributed by atoms with Gasteiger partial charge in [0, 0.05) is 11.7 Å². The maximum Gasteiger partial charge on any atom is 0.335 e. The van der Waals surface area contributed by atoms with E-state index in [2.05, 4.69) is 33.0 Å². The number of carbonyl (C=O) groups is 1. The van der Waals surface area contributed by atoms with Crippen LogP contribution < -0.4 is 5.32 Å². The fraction of sp³-hybridized carbons (Fsp3) is 0.611. The highest BCUT2D eigenvalue weighted by atomic mass is 16.4. The summed E-state index contributed by atoms with van der Waals surface area (Å²) in [5.41, 5.74) is 3.08. The summed E-state index contributed by atoms with van der Waals surface area (Å²) in [6.07, 6.45) is 3.54. The van der Waals surface area contributed by atoms with E-state index in [4.69, 9.17) is 5.11 Å². The third-order valence-electron chi connectivity index (χ3n) is 4.39. The molecule has 0 heterocycles. The van der Waals surface area contributed by atoms with Crippen LogP contribution in [0.25, 0.3) is 0 Å². The topological polar surface area (TPSA) is 49.3 Å². The summed E-state index contributed by atoms with van der Waals surface area (Å²) >= 11 is 0. The molecule has 3 nitrogen and oxygen atoms in total. The zero-order chi connectivity index (χ0) is 15.8. The molecule has 1 fully saturated rings. The van der Waals surface area contributed by atoms with Gasteiger partial charge in [-0.1, -0.05) is 27.7 Å². The SMILES string of the molecule is Cc1cc(C(=O)O)ccc1NC1CC(C)(C)CC(C)(C)C1. The number of benzene rings is 1. The van der Waals surface area contributed by atoms with Crippen LogP contribution in [0.15, 0.2) is 18.2 Å². The summed E-state index contributed by atoms with van der Waals surface area (Å²) in [6, 6.07) is 5.76. The van der Waals surface area contributed by atoms with Crippen molar-refractivity contribution in [1.29, 1.82) is 0 Å². The quantitative estimate of drug-likeness (QED) is 0.847. The van der Waals surface area contributed by atoms with Crippen LogP contribution in [0.5, 0.6) is 0 Å². The predicted octanol–water partition coefficient (Wildman–Crippen LogP) is 4.71. The maximum atomic E-state index is 11.0. The molecular formula is C18H27NO2. The van der Waals surface area contributed by atoms with Gasteiger partial charge >= 0.3 is 5.97 Å². The summed E-state index contributed by atoms with van der Waals surface area (Å²) in [5.74, 6) is -0.871. The van der Waals surface area contributed by atoms with Crippen molar-refractivity contribution in [3.8, 4) is 0 Å². The molecule has 2 rings (SSSR count). The normalized spacial score (nSPS) is 21.0. The largest absolute Gasteiger partial charge is 0.478 e. The Labute approximate surface area is 127 Å². The van der Waals surface area contributed by atoms with E-state index in [9.17, 15) is 4.79 Å². The van der Waals surface area contributed by atoms with Gasteiger partial charge in [-0.2, -0.15) is 0 Å². The van der Waals surface area contributed by atoms with Crippen molar-refractivity contribution in [1.82, 2.24) is 0 Å². The molecule has 0 atom stereocenters. The molecule has 1 aromatic rings. The molecule has 1 aliphatic carbocycles. The van der Waals surface area contributed by atoms with E-state index in [1.807, 2.05) is 13.0 Å². The number of hydrogen-bond donors (Lipinski definition) is 2. The first-order chi connectivity index (χ1) is 9.58. The highest BCUT2D eigenvalue weighted by molar-refractivity contribution is 5.88. The van der Waals surface area contributed by atoms with Gasteiger partial charge in [0.15, 0.2) is 0 Å². The van der Waals surface area contributed by atoms with Crippen molar-refractivity contribution in [2.75, 3.05) is 5.32 Å². The van der Waals surface area contributed by atoms with E-state index in [-0.39, 0.29) is 0 Å². The number of anilines is 1. The predicted molar refractivity (Wildman–Crippen MR) is 87.0 cm³/mol. The van der Waals surface area contributed by atoms with Gasteiger partial charge in [0.25, 0.3) is 0 Å². The highest BCUT2D eigenvalue weighted by Crippen LogP contribution is 2.46. The first-order valence-electron chi connectivity index (χ1n) is 7.69. The van der Waals surface area contributed by atoms with Crippen molar-refractivity contribution in [3.63, 3.8) is 0 Å². The first-order valence-corrected chi connectivity index (χ1v) is 7.69. The van der Waals surface area contributed by atoms with Crippen LogP contribution in [0.4, 0.5) is 5.69 Å². The van der Waals surface area contributed by atoms with Gasteiger partial charge in [-0.3, -0.25) is 0 Å². The van der Waals surface area contributed by atoms with Gasteiger partial charge in [-0.15, -0.1) is 0 Å². The molecule has 0 amide bonds. The number of aromatic carboxylic acids is 1.